The average molecular weight is 495 g/mol. The molecule has 190 valence electrons. The number of hydrogen-bond acceptors (Lipinski definition) is 6. The number of halogens is 1. The van der Waals surface area contributed by atoms with Gasteiger partial charge < -0.3 is 24.7 Å². The molecule has 0 aliphatic carbocycles. The minimum atomic E-state index is -0.684. The first-order valence-corrected chi connectivity index (χ1v) is 12.0. The lowest BCUT2D eigenvalue weighted by molar-refractivity contribution is -0.139. The Balaban J connectivity index is 1.28. The van der Waals surface area contributed by atoms with Gasteiger partial charge in [-0.15, -0.1) is 0 Å². The third-order valence-electron chi connectivity index (χ3n) is 6.35. The molecular formula is C27H31FN4O4. The molecule has 0 radical (unpaired) electrons. The smallest absolute Gasteiger partial charge is 0.309 e. The van der Waals surface area contributed by atoms with Crippen LogP contribution in [0, 0.1) is 5.82 Å². The zero-order valence-corrected chi connectivity index (χ0v) is 20.3. The Kier molecular flexibility index (Phi) is 8.57. The normalized spacial score (nSPS) is 14.8. The number of carbonyl (C=O) groups excluding carboxylic acids is 2. The van der Waals surface area contributed by atoms with E-state index in [0.29, 0.717) is 13.0 Å². The number of amides is 2. The molecule has 2 N–H and O–H groups in total. The van der Waals surface area contributed by atoms with Gasteiger partial charge in [0.25, 0.3) is 0 Å². The highest BCUT2D eigenvalue weighted by molar-refractivity contribution is 6.35. The van der Waals surface area contributed by atoms with Crippen LogP contribution in [-0.2, 0) is 16.0 Å². The van der Waals surface area contributed by atoms with E-state index in [0.717, 1.165) is 48.9 Å². The molecule has 36 heavy (non-hydrogen) atoms. The van der Waals surface area contributed by atoms with Crippen molar-refractivity contribution in [3.05, 3.63) is 84.1 Å². The van der Waals surface area contributed by atoms with Gasteiger partial charge in [0.2, 0.25) is 0 Å². The summed E-state index contributed by atoms with van der Waals surface area (Å²) >= 11 is 0. The Bertz CT molecular complexity index is 1130. The van der Waals surface area contributed by atoms with Gasteiger partial charge in [0.05, 0.1) is 19.4 Å². The Morgan fingerprint density at radius 2 is 1.69 bits per heavy atom. The van der Waals surface area contributed by atoms with Gasteiger partial charge in [-0.25, -0.2) is 4.39 Å². The molecule has 2 aromatic carbocycles. The van der Waals surface area contributed by atoms with Gasteiger partial charge in [-0.3, -0.25) is 14.5 Å². The molecule has 0 unspecified atom stereocenters. The number of nitrogens with zero attached hydrogens (tertiary/aromatic N) is 2. The standard InChI is InChI=1S/C27H31FN4O4/c1-35-24-6-3-2-5-20(24)12-13-29-26(33)27(34)30-19-23(25-7-4-18-36-25)32-16-14-31(15-17-32)22-10-8-21(28)9-11-22/h2-11,18,23H,12-17,19H2,1H3,(H,29,33)(H,30,34)/t23-/m0/s1. The second-order valence-corrected chi connectivity index (χ2v) is 8.56. The van der Waals surface area contributed by atoms with Crippen LogP contribution in [-0.4, -0.2) is 63.1 Å². The maximum Gasteiger partial charge on any atom is 0.309 e. The number of anilines is 1. The average Bonchev–Trinajstić information content (AvgIpc) is 3.44. The molecule has 1 aromatic heterocycles. The predicted molar refractivity (Wildman–Crippen MR) is 134 cm³/mol. The highest BCUT2D eigenvalue weighted by Gasteiger charge is 2.28. The van der Waals surface area contributed by atoms with Crippen LogP contribution < -0.4 is 20.3 Å². The molecular weight excluding hydrogens is 463 g/mol. The molecule has 0 saturated carbocycles. The summed E-state index contributed by atoms with van der Waals surface area (Å²) in [6.45, 7) is 3.51. The summed E-state index contributed by atoms with van der Waals surface area (Å²) < 4.78 is 24.2. The second-order valence-electron chi connectivity index (χ2n) is 8.56. The van der Waals surface area contributed by atoms with Crippen molar-refractivity contribution in [3.63, 3.8) is 0 Å². The Labute approximate surface area is 210 Å². The van der Waals surface area contributed by atoms with E-state index in [9.17, 15) is 14.0 Å². The maximum absolute atomic E-state index is 13.3. The van der Waals surface area contributed by atoms with Crippen molar-refractivity contribution in [2.75, 3.05) is 51.3 Å². The van der Waals surface area contributed by atoms with Gasteiger partial charge in [-0.2, -0.15) is 0 Å². The van der Waals surface area contributed by atoms with E-state index in [1.807, 2.05) is 36.4 Å². The number of furan rings is 1. The number of nitrogens with one attached hydrogen (secondary N) is 2. The topological polar surface area (TPSA) is 87.0 Å². The summed E-state index contributed by atoms with van der Waals surface area (Å²) in [5.41, 5.74) is 1.93. The molecule has 9 heteroatoms. The van der Waals surface area contributed by atoms with Gasteiger partial charge in [0.15, 0.2) is 0 Å². The summed E-state index contributed by atoms with van der Waals surface area (Å²) in [7, 11) is 1.60. The van der Waals surface area contributed by atoms with Crippen molar-refractivity contribution in [1.82, 2.24) is 15.5 Å². The maximum atomic E-state index is 13.3. The number of piperazine rings is 1. The van der Waals surface area contributed by atoms with Crippen molar-refractivity contribution >= 4 is 17.5 Å². The van der Waals surface area contributed by atoms with Crippen LogP contribution in [0.1, 0.15) is 17.4 Å². The monoisotopic (exact) mass is 494 g/mol. The van der Waals surface area contributed by atoms with Gasteiger partial charge in [-0.1, -0.05) is 18.2 Å². The Morgan fingerprint density at radius 3 is 2.39 bits per heavy atom. The summed E-state index contributed by atoms with van der Waals surface area (Å²) in [6.07, 6.45) is 2.15. The molecule has 1 atom stereocenters. The van der Waals surface area contributed by atoms with Crippen LogP contribution in [0.15, 0.2) is 71.3 Å². The first-order valence-electron chi connectivity index (χ1n) is 12.0. The van der Waals surface area contributed by atoms with Crippen molar-refractivity contribution in [3.8, 4) is 5.75 Å². The number of para-hydroxylation sites is 1. The summed E-state index contributed by atoms with van der Waals surface area (Å²) in [6, 6.07) is 17.5. The highest BCUT2D eigenvalue weighted by atomic mass is 19.1. The third kappa shape index (κ3) is 6.42. The molecule has 1 fully saturated rings. The molecule has 8 nitrogen and oxygen atoms in total. The Morgan fingerprint density at radius 1 is 0.972 bits per heavy atom. The first kappa shape index (κ1) is 25.2. The predicted octanol–water partition coefficient (Wildman–Crippen LogP) is 2.77. The van der Waals surface area contributed by atoms with Crippen LogP contribution in [0.25, 0.3) is 0 Å². The molecule has 1 aliphatic rings. The molecule has 1 saturated heterocycles. The molecule has 0 bridgehead atoms. The van der Waals surface area contributed by atoms with E-state index in [4.69, 9.17) is 9.15 Å². The van der Waals surface area contributed by atoms with E-state index in [2.05, 4.69) is 20.4 Å². The SMILES string of the molecule is COc1ccccc1CCNC(=O)C(=O)NC[C@@H](c1ccco1)N1CCN(c2ccc(F)cc2)CC1. The first-order chi connectivity index (χ1) is 17.5. The number of ether oxygens (including phenoxy) is 1. The fraction of sp³-hybridized carbons (Fsp3) is 0.333. The van der Waals surface area contributed by atoms with E-state index in [1.54, 1.807) is 25.5 Å². The number of methoxy groups -OCH3 is 1. The number of benzene rings is 2. The molecule has 1 aliphatic heterocycles. The van der Waals surface area contributed by atoms with Crippen molar-refractivity contribution in [1.29, 1.82) is 0 Å². The molecule has 0 spiro atoms. The molecule has 2 heterocycles. The minimum Gasteiger partial charge on any atom is -0.496 e. The zero-order chi connectivity index (χ0) is 25.3. The van der Waals surface area contributed by atoms with Crippen molar-refractivity contribution in [2.24, 2.45) is 0 Å². The third-order valence-corrected chi connectivity index (χ3v) is 6.35. The fourth-order valence-electron chi connectivity index (χ4n) is 4.40. The van der Waals surface area contributed by atoms with Gasteiger partial charge >= 0.3 is 11.8 Å². The minimum absolute atomic E-state index is 0.208. The number of rotatable bonds is 9. The quantitative estimate of drug-likeness (QED) is 0.445. The number of hydrogen-bond donors (Lipinski definition) is 2. The zero-order valence-electron chi connectivity index (χ0n) is 20.3. The lowest BCUT2D eigenvalue weighted by Crippen LogP contribution is -2.50. The summed E-state index contributed by atoms with van der Waals surface area (Å²) in [4.78, 5) is 29.3. The van der Waals surface area contributed by atoms with Crippen LogP contribution in [0.3, 0.4) is 0 Å². The van der Waals surface area contributed by atoms with Crippen LogP contribution in [0.5, 0.6) is 5.75 Å². The van der Waals surface area contributed by atoms with E-state index in [-0.39, 0.29) is 18.4 Å². The largest absolute Gasteiger partial charge is 0.496 e. The van der Waals surface area contributed by atoms with E-state index in [1.165, 1.54) is 12.1 Å². The molecule has 3 aromatic rings. The van der Waals surface area contributed by atoms with Crippen LogP contribution >= 0.6 is 0 Å². The lowest BCUT2D eigenvalue weighted by Gasteiger charge is -2.39. The summed E-state index contributed by atoms with van der Waals surface area (Å²) in [5, 5.41) is 5.43. The van der Waals surface area contributed by atoms with Gasteiger partial charge in [0, 0.05) is 45.0 Å². The molecule has 2 amide bonds. The Hall–Kier alpha value is -3.85. The summed E-state index contributed by atoms with van der Waals surface area (Å²) in [5.74, 6) is -0.144. The van der Waals surface area contributed by atoms with E-state index < -0.39 is 11.8 Å². The van der Waals surface area contributed by atoms with E-state index >= 15 is 0 Å². The van der Waals surface area contributed by atoms with Crippen LogP contribution in [0.2, 0.25) is 0 Å². The van der Waals surface area contributed by atoms with Crippen molar-refractivity contribution in [2.45, 2.75) is 12.5 Å². The fourth-order valence-corrected chi connectivity index (χ4v) is 4.40. The highest BCUT2D eigenvalue weighted by Crippen LogP contribution is 2.24. The number of carbonyl (C=O) groups is 2. The van der Waals surface area contributed by atoms with Crippen LogP contribution in [0.4, 0.5) is 10.1 Å². The molecule has 4 rings (SSSR count). The lowest BCUT2D eigenvalue weighted by atomic mass is 10.1. The van der Waals surface area contributed by atoms with Gasteiger partial charge in [-0.05, 0) is 54.4 Å². The van der Waals surface area contributed by atoms with Crippen molar-refractivity contribution < 1.29 is 23.1 Å². The second kappa shape index (κ2) is 12.2. The van der Waals surface area contributed by atoms with Gasteiger partial charge in [0.1, 0.15) is 17.3 Å².